The molecule has 2 aliphatic rings. The molecule has 3 unspecified atom stereocenters. The molecule has 2 heteroatoms. The van der Waals surface area contributed by atoms with Crippen LogP contribution in [0, 0.1) is 17.8 Å². The number of halogens is 1. The van der Waals surface area contributed by atoms with E-state index in [1.54, 1.807) is 0 Å². The van der Waals surface area contributed by atoms with Gasteiger partial charge in [0, 0.05) is 5.88 Å². The van der Waals surface area contributed by atoms with Crippen LogP contribution in [0.15, 0.2) is 24.3 Å². The lowest BCUT2D eigenvalue weighted by atomic mass is 9.89. The molecule has 0 radical (unpaired) electrons. The van der Waals surface area contributed by atoms with Crippen molar-refractivity contribution in [1.29, 1.82) is 0 Å². The fourth-order valence-electron chi connectivity index (χ4n) is 3.50. The van der Waals surface area contributed by atoms with E-state index in [1.165, 1.54) is 25.7 Å². The lowest BCUT2D eigenvalue weighted by Gasteiger charge is -2.21. The van der Waals surface area contributed by atoms with Gasteiger partial charge in [-0.15, -0.1) is 11.6 Å². The summed E-state index contributed by atoms with van der Waals surface area (Å²) in [4.78, 5) is 0. The van der Waals surface area contributed by atoms with Gasteiger partial charge in [0.1, 0.15) is 5.75 Å². The van der Waals surface area contributed by atoms with Gasteiger partial charge in [0.25, 0.3) is 0 Å². The van der Waals surface area contributed by atoms with E-state index in [2.05, 4.69) is 6.07 Å². The highest BCUT2D eigenvalue weighted by atomic mass is 35.5. The first-order valence-corrected chi connectivity index (χ1v) is 7.16. The van der Waals surface area contributed by atoms with E-state index in [1.807, 2.05) is 18.2 Å². The Balaban J connectivity index is 1.56. The Hall–Kier alpha value is -0.690. The molecule has 2 bridgehead atoms. The van der Waals surface area contributed by atoms with Crippen LogP contribution in [0.5, 0.6) is 5.75 Å². The van der Waals surface area contributed by atoms with Crippen molar-refractivity contribution in [3.63, 3.8) is 0 Å². The third-order valence-corrected chi connectivity index (χ3v) is 4.71. The van der Waals surface area contributed by atoms with Crippen LogP contribution in [0.1, 0.15) is 31.2 Å². The van der Waals surface area contributed by atoms with Crippen LogP contribution in [0.3, 0.4) is 0 Å². The quantitative estimate of drug-likeness (QED) is 0.727. The summed E-state index contributed by atoms with van der Waals surface area (Å²) in [5.41, 5.74) is 1.14. The summed E-state index contributed by atoms with van der Waals surface area (Å²) in [6.45, 7) is 0.896. The summed E-state index contributed by atoms with van der Waals surface area (Å²) in [5, 5.41) is 0. The van der Waals surface area contributed by atoms with Crippen molar-refractivity contribution < 1.29 is 4.74 Å². The molecule has 1 aromatic rings. The van der Waals surface area contributed by atoms with Gasteiger partial charge >= 0.3 is 0 Å². The van der Waals surface area contributed by atoms with E-state index >= 15 is 0 Å². The zero-order chi connectivity index (χ0) is 11.7. The second kappa shape index (κ2) is 4.89. The fourth-order valence-corrected chi connectivity index (χ4v) is 3.67. The molecule has 1 aromatic carbocycles. The number of alkyl halides is 1. The van der Waals surface area contributed by atoms with Gasteiger partial charge in [-0.25, -0.2) is 0 Å². The molecule has 3 rings (SSSR count). The summed E-state index contributed by atoms with van der Waals surface area (Å²) >= 11 is 5.82. The van der Waals surface area contributed by atoms with Gasteiger partial charge in [0.2, 0.25) is 0 Å². The molecular weight excluding hydrogens is 232 g/mol. The van der Waals surface area contributed by atoms with Gasteiger partial charge in [-0.2, -0.15) is 0 Å². The second-order valence-corrected chi connectivity index (χ2v) is 5.79. The molecule has 2 aliphatic carbocycles. The molecule has 0 aromatic heterocycles. The zero-order valence-corrected chi connectivity index (χ0v) is 10.8. The van der Waals surface area contributed by atoms with Crippen molar-refractivity contribution in [2.24, 2.45) is 17.8 Å². The molecule has 0 spiro atoms. The molecule has 0 aliphatic heterocycles. The smallest absolute Gasteiger partial charge is 0.119 e. The minimum absolute atomic E-state index is 0.561. The first-order chi connectivity index (χ1) is 8.35. The van der Waals surface area contributed by atoms with Crippen LogP contribution < -0.4 is 4.74 Å². The molecule has 1 nitrogen and oxygen atoms in total. The third kappa shape index (κ3) is 2.44. The van der Waals surface area contributed by atoms with E-state index in [9.17, 15) is 0 Å². The highest BCUT2D eigenvalue weighted by Gasteiger charge is 2.39. The SMILES string of the molecule is ClCc1cccc(OCC2CC3CCC2C3)c1. The average molecular weight is 251 g/mol. The molecule has 0 N–H and O–H groups in total. The normalized spacial score (nSPS) is 30.8. The Bertz CT molecular complexity index is 390. The molecule has 0 heterocycles. The van der Waals surface area contributed by atoms with Gasteiger partial charge in [-0.1, -0.05) is 18.6 Å². The second-order valence-electron chi connectivity index (χ2n) is 5.53. The van der Waals surface area contributed by atoms with Gasteiger partial charge in [-0.05, 0) is 54.7 Å². The third-order valence-electron chi connectivity index (χ3n) is 4.40. The van der Waals surface area contributed by atoms with Crippen LogP contribution >= 0.6 is 11.6 Å². The number of hydrogen-bond donors (Lipinski definition) is 0. The topological polar surface area (TPSA) is 9.23 Å². The zero-order valence-electron chi connectivity index (χ0n) is 10.1. The molecular formula is C15H19ClO. The van der Waals surface area contributed by atoms with E-state index < -0.39 is 0 Å². The predicted molar refractivity (Wildman–Crippen MR) is 70.4 cm³/mol. The Kier molecular flexibility index (Phi) is 3.28. The monoisotopic (exact) mass is 250 g/mol. The summed E-state index contributed by atoms with van der Waals surface area (Å²) in [5.74, 6) is 4.28. The van der Waals surface area contributed by atoms with Crippen molar-refractivity contribution in [2.75, 3.05) is 6.61 Å². The van der Waals surface area contributed by atoms with Crippen LogP contribution in [-0.2, 0) is 5.88 Å². The van der Waals surface area contributed by atoms with Crippen molar-refractivity contribution in [2.45, 2.75) is 31.6 Å². The maximum Gasteiger partial charge on any atom is 0.119 e. The number of hydrogen-bond acceptors (Lipinski definition) is 1. The highest BCUT2D eigenvalue weighted by molar-refractivity contribution is 6.17. The predicted octanol–water partition coefficient (Wildman–Crippen LogP) is 4.24. The Morgan fingerprint density at radius 2 is 2.18 bits per heavy atom. The van der Waals surface area contributed by atoms with Crippen molar-refractivity contribution >= 4 is 11.6 Å². The van der Waals surface area contributed by atoms with Crippen molar-refractivity contribution in [3.05, 3.63) is 29.8 Å². The molecule has 2 saturated carbocycles. The molecule has 17 heavy (non-hydrogen) atoms. The van der Waals surface area contributed by atoms with E-state index in [4.69, 9.17) is 16.3 Å². The number of fused-ring (bicyclic) bond motifs is 2. The van der Waals surface area contributed by atoms with E-state index in [0.717, 1.165) is 35.7 Å². The minimum atomic E-state index is 0.561. The summed E-state index contributed by atoms with van der Waals surface area (Å²) < 4.78 is 5.93. The Labute approximate surface area is 108 Å². The molecule has 92 valence electrons. The largest absolute Gasteiger partial charge is 0.493 e. The lowest BCUT2D eigenvalue weighted by Crippen LogP contribution is -2.18. The van der Waals surface area contributed by atoms with E-state index in [-0.39, 0.29) is 0 Å². The molecule has 0 amide bonds. The first-order valence-electron chi connectivity index (χ1n) is 6.63. The van der Waals surface area contributed by atoms with Gasteiger partial charge < -0.3 is 4.74 Å². The van der Waals surface area contributed by atoms with Crippen molar-refractivity contribution in [3.8, 4) is 5.75 Å². The van der Waals surface area contributed by atoms with Crippen LogP contribution in [-0.4, -0.2) is 6.61 Å². The maximum atomic E-state index is 5.93. The standard InChI is InChI=1S/C15H19ClO/c16-9-12-2-1-3-15(8-12)17-10-14-7-11-4-5-13(14)6-11/h1-3,8,11,13-14H,4-7,9-10H2. The van der Waals surface area contributed by atoms with Crippen LogP contribution in [0.2, 0.25) is 0 Å². The van der Waals surface area contributed by atoms with E-state index in [0.29, 0.717) is 5.88 Å². The maximum absolute atomic E-state index is 5.93. The summed E-state index contributed by atoms with van der Waals surface area (Å²) in [7, 11) is 0. The lowest BCUT2D eigenvalue weighted by molar-refractivity contribution is 0.195. The average Bonchev–Trinajstić information content (AvgIpc) is 2.99. The minimum Gasteiger partial charge on any atom is -0.493 e. The molecule has 0 saturated heterocycles. The number of benzene rings is 1. The highest BCUT2D eigenvalue weighted by Crippen LogP contribution is 2.48. The number of rotatable bonds is 4. The van der Waals surface area contributed by atoms with Gasteiger partial charge in [0.05, 0.1) is 6.61 Å². The van der Waals surface area contributed by atoms with Crippen LogP contribution in [0.4, 0.5) is 0 Å². The molecule has 3 atom stereocenters. The number of ether oxygens (including phenoxy) is 1. The summed E-state index contributed by atoms with van der Waals surface area (Å²) in [6.07, 6.45) is 5.74. The Morgan fingerprint density at radius 3 is 2.88 bits per heavy atom. The first kappa shape index (κ1) is 11.4. The van der Waals surface area contributed by atoms with Crippen LogP contribution in [0.25, 0.3) is 0 Å². The fraction of sp³-hybridized carbons (Fsp3) is 0.600. The van der Waals surface area contributed by atoms with Crippen molar-refractivity contribution in [1.82, 2.24) is 0 Å². The Morgan fingerprint density at radius 1 is 1.24 bits per heavy atom. The summed E-state index contributed by atoms with van der Waals surface area (Å²) in [6, 6.07) is 8.15. The molecule has 2 fully saturated rings. The van der Waals surface area contributed by atoms with Gasteiger partial charge in [-0.3, -0.25) is 0 Å². The van der Waals surface area contributed by atoms with Gasteiger partial charge in [0.15, 0.2) is 0 Å².